The summed E-state index contributed by atoms with van der Waals surface area (Å²) in [7, 11) is -3.05. The van der Waals surface area contributed by atoms with Gasteiger partial charge >= 0.3 is 0 Å². The Morgan fingerprint density at radius 3 is 2.15 bits per heavy atom. The average Bonchev–Trinajstić information content (AvgIpc) is 2.03. The van der Waals surface area contributed by atoms with E-state index in [2.05, 4.69) is 0 Å². The molecule has 1 aliphatic rings. The first-order valence-electron chi connectivity index (χ1n) is 5.21. The van der Waals surface area contributed by atoms with Gasteiger partial charge in [-0.25, -0.2) is 12.7 Å². The van der Waals surface area contributed by atoms with Crippen molar-refractivity contribution in [1.82, 2.24) is 4.31 Å². The lowest BCUT2D eigenvalue weighted by atomic mass is 9.87. The highest BCUT2D eigenvalue weighted by Gasteiger charge is 2.25. The minimum atomic E-state index is -3.05. The van der Waals surface area contributed by atoms with Crippen LogP contribution in [0.5, 0.6) is 0 Å². The molecule has 0 aromatic carbocycles. The summed E-state index contributed by atoms with van der Waals surface area (Å²) in [6, 6.07) is 0. The summed E-state index contributed by atoms with van der Waals surface area (Å²) in [4.78, 5) is 0. The van der Waals surface area contributed by atoms with Crippen molar-refractivity contribution in [2.75, 3.05) is 19.3 Å². The zero-order valence-electron chi connectivity index (χ0n) is 9.58. The zero-order valence-corrected chi connectivity index (χ0v) is 9.39. The lowest BCUT2D eigenvalue weighted by Crippen LogP contribution is -2.38. The van der Waals surface area contributed by atoms with Crippen molar-refractivity contribution in [1.29, 1.82) is 0 Å². The van der Waals surface area contributed by atoms with Crippen LogP contribution in [-0.4, -0.2) is 32.1 Å². The van der Waals surface area contributed by atoms with Crippen molar-refractivity contribution in [3.63, 3.8) is 0 Å². The van der Waals surface area contributed by atoms with Crippen LogP contribution in [0.15, 0.2) is 0 Å². The fourth-order valence-electron chi connectivity index (χ4n) is 1.68. The zero-order chi connectivity index (χ0) is 11.0. The van der Waals surface area contributed by atoms with Gasteiger partial charge in [-0.1, -0.05) is 13.8 Å². The molecule has 0 N–H and O–H groups in total. The molecule has 0 aliphatic carbocycles. The summed E-state index contributed by atoms with van der Waals surface area (Å²) in [6.07, 6.45) is 2.54. The topological polar surface area (TPSA) is 37.4 Å². The molecule has 1 rings (SSSR count). The van der Waals surface area contributed by atoms with Gasteiger partial charge in [-0.15, -0.1) is 0 Å². The van der Waals surface area contributed by atoms with Crippen LogP contribution in [0, 0.1) is 11.8 Å². The standard InChI is InChI=1S/C9H19NO2S/c1-8(2)9-4-6-10(7-5-9)13(3,11)12/h8-9H,4-7H2,1-3H3/i9D. The van der Waals surface area contributed by atoms with Crippen LogP contribution in [0.1, 0.15) is 28.1 Å². The Morgan fingerprint density at radius 2 is 1.85 bits per heavy atom. The maximum atomic E-state index is 11.2. The molecule has 13 heavy (non-hydrogen) atoms. The van der Waals surface area contributed by atoms with Gasteiger partial charge in [0.2, 0.25) is 10.0 Å². The molecule has 0 saturated carbocycles. The van der Waals surface area contributed by atoms with Crippen molar-refractivity contribution >= 4 is 10.0 Å². The summed E-state index contributed by atoms with van der Waals surface area (Å²) in [6.45, 7) is 5.06. The first kappa shape index (κ1) is 9.46. The van der Waals surface area contributed by atoms with Crippen LogP contribution in [0.2, 0.25) is 0 Å². The minimum Gasteiger partial charge on any atom is -0.213 e. The first-order valence-corrected chi connectivity index (χ1v) is 6.56. The smallest absolute Gasteiger partial charge is 0.211 e. The lowest BCUT2D eigenvalue weighted by Gasteiger charge is -2.32. The molecule has 0 aromatic rings. The van der Waals surface area contributed by atoms with E-state index in [9.17, 15) is 8.42 Å². The van der Waals surface area contributed by atoms with Crippen molar-refractivity contribution in [3.8, 4) is 0 Å². The molecule has 3 nitrogen and oxygen atoms in total. The van der Waals surface area contributed by atoms with Crippen molar-refractivity contribution in [2.45, 2.75) is 26.7 Å². The third kappa shape index (κ3) is 2.95. The van der Waals surface area contributed by atoms with E-state index in [0.717, 1.165) is 0 Å². The number of piperidine rings is 1. The molecule has 1 heterocycles. The van der Waals surface area contributed by atoms with Gasteiger partial charge in [0.05, 0.1) is 6.26 Å². The van der Waals surface area contributed by atoms with Crippen molar-refractivity contribution in [3.05, 3.63) is 0 Å². The summed E-state index contributed by atoms with van der Waals surface area (Å²) >= 11 is 0. The lowest BCUT2D eigenvalue weighted by molar-refractivity contribution is 0.227. The molecule has 1 fully saturated rings. The van der Waals surface area contributed by atoms with Crippen LogP contribution < -0.4 is 0 Å². The summed E-state index contributed by atoms with van der Waals surface area (Å²) < 4.78 is 32.1. The Balaban J connectivity index is 2.63. The quantitative estimate of drug-likeness (QED) is 0.683. The molecule has 0 radical (unpaired) electrons. The molecule has 1 saturated heterocycles. The number of sulfonamides is 1. The molecule has 0 aromatic heterocycles. The van der Waals surface area contributed by atoms with Gasteiger partial charge in [-0.2, -0.15) is 0 Å². The Labute approximate surface area is 82.6 Å². The molecule has 0 unspecified atom stereocenters. The minimum absolute atomic E-state index is 0.296. The largest absolute Gasteiger partial charge is 0.213 e. The van der Waals surface area contributed by atoms with E-state index in [1.54, 1.807) is 0 Å². The van der Waals surface area contributed by atoms with Crippen LogP contribution in [0.3, 0.4) is 0 Å². The van der Waals surface area contributed by atoms with E-state index in [-0.39, 0.29) is 0 Å². The molecular formula is C9H19NO2S. The third-order valence-electron chi connectivity index (χ3n) is 2.65. The summed E-state index contributed by atoms with van der Waals surface area (Å²) in [5, 5.41) is 0. The van der Waals surface area contributed by atoms with Gasteiger partial charge in [-0.3, -0.25) is 0 Å². The number of nitrogens with zero attached hydrogens (tertiary/aromatic N) is 1. The second kappa shape index (κ2) is 3.96. The Bertz CT molecular complexity index is 292. The molecule has 78 valence electrons. The molecule has 1 aliphatic heterocycles. The van der Waals surface area contributed by atoms with Crippen molar-refractivity contribution in [2.24, 2.45) is 11.8 Å². The molecule has 0 amide bonds. The highest BCUT2D eigenvalue weighted by Crippen LogP contribution is 2.25. The fourth-order valence-corrected chi connectivity index (χ4v) is 2.53. The van der Waals surface area contributed by atoms with Gasteiger partial charge in [0.1, 0.15) is 0 Å². The SMILES string of the molecule is [2H]C1(C(C)C)CCN(S(C)(=O)=O)CC1. The maximum absolute atomic E-state index is 11.2. The number of hydrogen-bond donors (Lipinski definition) is 0. The Kier molecular flexibility index (Phi) is 2.89. The van der Waals surface area contributed by atoms with Crippen LogP contribution in [0.25, 0.3) is 0 Å². The second-order valence-corrected chi connectivity index (χ2v) is 5.96. The predicted molar refractivity (Wildman–Crippen MR) is 54.0 cm³/mol. The summed E-state index contributed by atoms with van der Waals surface area (Å²) in [5.41, 5.74) is 0. The van der Waals surface area contributed by atoms with Gasteiger partial charge in [0.25, 0.3) is 0 Å². The monoisotopic (exact) mass is 206 g/mol. The molecule has 0 atom stereocenters. The highest BCUT2D eigenvalue weighted by atomic mass is 32.2. The molecule has 0 spiro atoms. The number of hydrogen-bond acceptors (Lipinski definition) is 2. The van der Waals surface area contributed by atoms with Gasteiger partial charge < -0.3 is 0 Å². The average molecular weight is 206 g/mol. The van der Waals surface area contributed by atoms with E-state index in [0.29, 0.717) is 31.8 Å². The molecule has 0 bridgehead atoms. The van der Waals surface area contributed by atoms with E-state index in [1.807, 2.05) is 13.8 Å². The van der Waals surface area contributed by atoms with Gasteiger partial charge in [-0.05, 0) is 24.7 Å². The predicted octanol–water partition coefficient (Wildman–Crippen LogP) is 1.31. The Hall–Kier alpha value is -0.0900. The molecular weight excluding hydrogens is 186 g/mol. The second-order valence-electron chi connectivity index (χ2n) is 3.97. The highest BCUT2D eigenvalue weighted by molar-refractivity contribution is 7.88. The van der Waals surface area contributed by atoms with E-state index in [1.165, 1.54) is 10.6 Å². The van der Waals surface area contributed by atoms with Crippen LogP contribution in [-0.2, 0) is 10.0 Å². The molecule has 4 heteroatoms. The normalized spacial score (nSPS) is 26.0. The van der Waals surface area contributed by atoms with E-state index < -0.39 is 15.9 Å². The Morgan fingerprint density at radius 1 is 1.38 bits per heavy atom. The van der Waals surface area contributed by atoms with Crippen molar-refractivity contribution < 1.29 is 9.79 Å². The van der Waals surface area contributed by atoms with Crippen LogP contribution >= 0.6 is 0 Å². The fraction of sp³-hybridized carbons (Fsp3) is 1.00. The third-order valence-corrected chi connectivity index (χ3v) is 3.95. The van der Waals surface area contributed by atoms with Crippen LogP contribution in [0.4, 0.5) is 0 Å². The summed E-state index contributed by atoms with van der Waals surface area (Å²) in [5.74, 6) is -0.134. The van der Waals surface area contributed by atoms with Gasteiger partial charge in [0, 0.05) is 14.5 Å². The first-order chi connectivity index (χ1) is 6.26. The van der Waals surface area contributed by atoms with E-state index >= 15 is 0 Å². The van der Waals surface area contributed by atoms with Gasteiger partial charge in [0.15, 0.2) is 0 Å². The maximum Gasteiger partial charge on any atom is 0.211 e. The van der Waals surface area contributed by atoms with E-state index in [4.69, 9.17) is 1.37 Å². The number of rotatable bonds is 2.